The van der Waals surface area contributed by atoms with Gasteiger partial charge in [0.25, 0.3) is 0 Å². The Morgan fingerprint density at radius 3 is 2.56 bits per heavy atom. The van der Waals surface area contributed by atoms with E-state index in [9.17, 15) is 4.79 Å². The fraction of sp³-hybridized carbons (Fsp3) is 0.632. The van der Waals surface area contributed by atoms with Gasteiger partial charge in [0, 0.05) is 12.7 Å². The zero-order chi connectivity index (χ0) is 20.3. The minimum Gasteiger partial charge on any atom is -0.490 e. The maximum absolute atomic E-state index is 12.0. The molecule has 0 aliphatic rings. The van der Waals surface area contributed by atoms with Gasteiger partial charge in [-0.3, -0.25) is 9.98 Å². The summed E-state index contributed by atoms with van der Waals surface area (Å²) in [4.78, 5) is 20.5. The summed E-state index contributed by atoms with van der Waals surface area (Å²) in [7, 11) is 0. The van der Waals surface area contributed by atoms with Crippen LogP contribution in [0.3, 0.4) is 0 Å². The molecule has 0 aromatic carbocycles. The van der Waals surface area contributed by atoms with Gasteiger partial charge in [-0.1, -0.05) is 0 Å². The van der Waals surface area contributed by atoms with Crippen LogP contribution < -0.4 is 20.7 Å². The Morgan fingerprint density at radius 2 is 1.96 bits per heavy atom. The van der Waals surface area contributed by atoms with E-state index in [4.69, 9.17) is 9.47 Å². The number of ether oxygens (including phenoxy) is 2. The second kappa shape index (κ2) is 10.6. The molecule has 0 bridgehead atoms. The number of alkyl carbamates (subject to hydrolysis) is 1. The van der Waals surface area contributed by atoms with Crippen LogP contribution in [0, 0.1) is 0 Å². The normalized spacial score (nSPS) is 12.3. The van der Waals surface area contributed by atoms with E-state index in [1.165, 1.54) is 0 Å². The smallest absolute Gasteiger partial charge is 0.408 e. The number of nitrogens with zero attached hydrogens (tertiary/aromatic N) is 2. The highest BCUT2D eigenvalue weighted by molar-refractivity contribution is 5.79. The topological polar surface area (TPSA) is 96.9 Å². The van der Waals surface area contributed by atoms with Gasteiger partial charge >= 0.3 is 6.09 Å². The molecule has 27 heavy (non-hydrogen) atoms. The molecule has 0 saturated heterocycles. The van der Waals surface area contributed by atoms with Gasteiger partial charge in [0.2, 0.25) is 0 Å². The lowest BCUT2D eigenvalue weighted by molar-refractivity contribution is 0.0476. The quantitative estimate of drug-likeness (QED) is 0.364. The molecule has 0 aliphatic heterocycles. The van der Waals surface area contributed by atoms with E-state index in [-0.39, 0.29) is 0 Å². The van der Waals surface area contributed by atoms with Gasteiger partial charge < -0.3 is 25.4 Å². The summed E-state index contributed by atoms with van der Waals surface area (Å²) in [5.41, 5.74) is -1.08. The predicted molar refractivity (Wildman–Crippen MR) is 107 cm³/mol. The van der Waals surface area contributed by atoms with Crippen molar-refractivity contribution in [3.8, 4) is 5.75 Å². The molecule has 0 unspecified atom stereocenters. The number of guanidine groups is 1. The predicted octanol–water partition coefficient (Wildman–Crippen LogP) is 2.32. The number of nitrogens with one attached hydrogen (secondary N) is 3. The number of carbonyl (C=O) groups excluding carboxylic acids is 1. The fourth-order valence-electron chi connectivity index (χ4n) is 2.01. The molecule has 8 heteroatoms. The molecule has 0 spiro atoms. The summed E-state index contributed by atoms with van der Waals surface area (Å²) in [6.45, 7) is 13.5. The Labute approximate surface area is 162 Å². The van der Waals surface area contributed by atoms with Crippen molar-refractivity contribution in [1.29, 1.82) is 0 Å². The number of rotatable bonds is 8. The van der Waals surface area contributed by atoms with Crippen molar-refractivity contribution in [1.82, 2.24) is 20.9 Å². The molecule has 1 aromatic heterocycles. The monoisotopic (exact) mass is 379 g/mol. The van der Waals surface area contributed by atoms with Gasteiger partial charge in [0.15, 0.2) is 5.96 Å². The molecule has 1 rings (SSSR count). The Kier molecular flexibility index (Phi) is 8.84. The van der Waals surface area contributed by atoms with Crippen LogP contribution in [0.5, 0.6) is 5.75 Å². The van der Waals surface area contributed by atoms with Crippen LogP contribution in [0.15, 0.2) is 29.5 Å². The Hall–Kier alpha value is -2.51. The average Bonchev–Trinajstić information content (AvgIpc) is 2.55. The molecule has 1 amide bonds. The first-order chi connectivity index (χ1) is 12.6. The summed E-state index contributed by atoms with van der Waals surface area (Å²) < 4.78 is 10.9. The number of aliphatic imine (C=N–C) groups is 1. The molecule has 3 N–H and O–H groups in total. The zero-order valence-corrected chi connectivity index (χ0v) is 17.3. The van der Waals surface area contributed by atoms with Crippen molar-refractivity contribution < 1.29 is 14.3 Å². The lowest BCUT2D eigenvalue weighted by atomic mass is 10.1. The molecule has 0 radical (unpaired) electrons. The van der Waals surface area contributed by atoms with Crippen LogP contribution in [0.2, 0.25) is 0 Å². The lowest BCUT2D eigenvalue weighted by Gasteiger charge is -2.27. The first-order valence-corrected chi connectivity index (χ1v) is 9.17. The number of pyridine rings is 1. The third-order valence-corrected chi connectivity index (χ3v) is 3.11. The van der Waals surface area contributed by atoms with Gasteiger partial charge in [-0.05, 0) is 53.7 Å². The first-order valence-electron chi connectivity index (χ1n) is 9.17. The van der Waals surface area contributed by atoms with Crippen LogP contribution in [-0.2, 0) is 4.74 Å². The molecule has 0 saturated carbocycles. The highest BCUT2D eigenvalue weighted by Crippen LogP contribution is 2.10. The standard InChI is InChI=1S/C19H33N5O3/c1-7-21-16(22-11-12-26-15-9-8-10-20-13-15)23-14-19(5,6)24-17(25)27-18(2,3)4/h8-10,13H,7,11-12,14H2,1-6H3,(H,24,25)(H2,21,22,23). The zero-order valence-electron chi connectivity index (χ0n) is 17.3. The van der Waals surface area contributed by atoms with Gasteiger partial charge in [-0.15, -0.1) is 0 Å². The fourth-order valence-corrected chi connectivity index (χ4v) is 2.01. The number of amides is 1. The molecule has 8 nitrogen and oxygen atoms in total. The third kappa shape index (κ3) is 10.9. The number of hydrogen-bond acceptors (Lipinski definition) is 5. The van der Waals surface area contributed by atoms with Crippen molar-refractivity contribution in [3.63, 3.8) is 0 Å². The number of aromatic nitrogens is 1. The first kappa shape index (κ1) is 22.5. The summed E-state index contributed by atoms with van der Waals surface area (Å²) in [6.07, 6.45) is 2.92. The molecule has 0 atom stereocenters. The Bertz CT molecular complexity index is 597. The molecular formula is C19H33N5O3. The minimum atomic E-state index is -0.545. The van der Waals surface area contributed by atoms with Crippen molar-refractivity contribution in [2.45, 2.75) is 52.7 Å². The van der Waals surface area contributed by atoms with Gasteiger partial charge in [0.1, 0.15) is 18.0 Å². The van der Waals surface area contributed by atoms with Crippen LogP contribution in [-0.4, -0.2) is 54.4 Å². The molecule has 0 fully saturated rings. The Morgan fingerprint density at radius 1 is 1.22 bits per heavy atom. The van der Waals surface area contributed by atoms with Crippen molar-refractivity contribution >= 4 is 12.1 Å². The highest BCUT2D eigenvalue weighted by Gasteiger charge is 2.24. The summed E-state index contributed by atoms with van der Waals surface area (Å²) in [5.74, 6) is 1.38. The summed E-state index contributed by atoms with van der Waals surface area (Å²) >= 11 is 0. The maximum atomic E-state index is 12.0. The average molecular weight is 380 g/mol. The second-order valence-corrected chi connectivity index (χ2v) is 7.67. The summed E-state index contributed by atoms with van der Waals surface area (Å²) in [5, 5.41) is 9.22. The van der Waals surface area contributed by atoms with Crippen molar-refractivity contribution in [2.75, 3.05) is 26.2 Å². The second-order valence-electron chi connectivity index (χ2n) is 7.67. The van der Waals surface area contributed by atoms with Gasteiger partial charge in [0.05, 0.1) is 24.8 Å². The molecule has 152 valence electrons. The Balaban J connectivity index is 2.47. The minimum absolute atomic E-state index is 0.394. The number of hydrogen-bond donors (Lipinski definition) is 3. The van der Waals surface area contributed by atoms with Crippen molar-refractivity contribution in [3.05, 3.63) is 24.5 Å². The SMILES string of the molecule is CCNC(=NCC(C)(C)NC(=O)OC(C)(C)C)NCCOc1cccnc1. The van der Waals surface area contributed by atoms with Crippen LogP contribution in [0.1, 0.15) is 41.5 Å². The van der Waals surface area contributed by atoms with E-state index in [1.54, 1.807) is 12.4 Å². The van der Waals surface area contributed by atoms with E-state index in [0.717, 1.165) is 12.3 Å². The van der Waals surface area contributed by atoms with E-state index >= 15 is 0 Å². The van der Waals surface area contributed by atoms with Gasteiger partial charge in [-0.2, -0.15) is 0 Å². The van der Waals surface area contributed by atoms with E-state index in [1.807, 2.05) is 53.7 Å². The highest BCUT2D eigenvalue weighted by atomic mass is 16.6. The lowest BCUT2D eigenvalue weighted by Crippen LogP contribution is -2.49. The molecule has 1 heterocycles. The van der Waals surface area contributed by atoms with E-state index in [0.29, 0.717) is 25.7 Å². The molecule has 1 aromatic rings. The van der Waals surface area contributed by atoms with Crippen molar-refractivity contribution in [2.24, 2.45) is 4.99 Å². The third-order valence-electron chi connectivity index (χ3n) is 3.11. The molecular weight excluding hydrogens is 346 g/mol. The number of carbonyl (C=O) groups is 1. The largest absolute Gasteiger partial charge is 0.490 e. The summed E-state index contributed by atoms with van der Waals surface area (Å²) in [6, 6.07) is 3.69. The van der Waals surface area contributed by atoms with Gasteiger partial charge in [-0.25, -0.2) is 4.79 Å². The van der Waals surface area contributed by atoms with E-state index in [2.05, 4.69) is 25.9 Å². The van der Waals surface area contributed by atoms with Crippen LogP contribution in [0.25, 0.3) is 0 Å². The van der Waals surface area contributed by atoms with E-state index < -0.39 is 17.2 Å². The maximum Gasteiger partial charge on any atom is 0.408 e. The van der Waals surface area contributed by atoms with Crippen LogP contribution >= 0.6 is 0 Å². The molecule has 0 aliphatic carbocycles. The van der Waals surface area contributed by atoms with Crippen LogP contribution in [0.4, 0.5) is 4.79 Å².